The smallest absolute Gasteiger partial charge is 0.267 e. The molecule has 0 aliphatic heterocycles. The van der Waals surface area contributed by atoms with Crippen LogP contribution in [-0.2, 0) is 6.54 Å². The number of carbonyl (C=O) groups excluding carboxylic acids is 1. The molecule has 1 aromatic rings. The Bertz CT molecular complexity index is 352. The maximum atomic E-state index is 11.9. The van der Waals surface area contributed by atoms with Crippen molar-refractivity contribution >= 4 is 33.6 Å². The van der Waals surface area contributed by atoms with Gasteiger partial charge >= 0.3 is 0 Å². The number of thioether (sulfide) groups is 1. The van der Waals surface area contributed by atoms with Crippen LogP contribution in [0.3, 0.4) is 0 Å². The fourth-order valence-corrected chi connectivity index (χ4v) is 2.22. The molecule has 1 N–H and O–H groups in total. The Balaban J connectivity index is 2.66. The number of nitrogens with one attached hydrogen (secondary N) is 1. The van der Waals surface area contributed by atoms with E-state index in [0.717, 1.165) is 35.4 Å². The number of nitrogens with zero attached hydrogens (tertiary/aromatic N) is 1. The minimum Gasteiger partial charge on any atom is -0.350 e. The van der Waals surface area contributed by atoms with E-state index in [1.807, 2.05) is 23.1 Å². The Morgan fingerprint density at radius 2 is 2.38 bits per heavy atom. The maximum Gasteiger partial charge on any atom is 0.267 e. The maximum absolute atomic E-state index is 11.9. The lowest BCUT2D eigenvalue weighted by atomic mass is 10.4. The third-order valence-corrected chi connectivity index (χ3v) is 3.20. The Kier molecular flexibility index (Phi) is 5.98. The predicted molar refractivity (Wildman–Crippen MR) is 73.1 cm³/mol. The van der Waals surface area contributed by atoms with Gasteiger partial charge in [0.25, 0.3) is 5.91 Å². The van der Waals surface area contributed by atoms with E-state index in [1.54, 1.807) is 11.8 Å². The molecule has 0 aliphatic carbocycles. The Labute approximate surface area is 109 Å². The fourth-order valence-electron chi connectivity index (χ4n) is 1.45. The molecule has 0 radical (unpaired) electrons. The SMILES string of the molecule is CCCn1cc(Br)cc1C(=O)NCCSC. The first-order valence-electron chi connectivity index (χ1n) is 5.31. The Hall–Kier alpha value is -0.420. The van der Waals surface area contributed by atoms with E-state index >= 15 is 0 Å². The van der Waals surface area contributed by atoms with Crippen molar-refractivity contribution in [2.24, 2.45) is 0 Å². The molecule has 0 atom stereocenters. The van der Waals surface area contributed by atoms with Crippen molar-refractivity contribution in [1.29, 1.82) is 0 Å². The molecular formula is C11H17BrN2OS. The number of aromatic nitrogens is 1. The highest BCUT2D eigenvalue weighted by molar-refractivity contribution is 9.10. The van der Waals surface area contributed by atoms with Crippen LogP contribution in [0.15, 0.2) is 16.7 Å². The second-order valence-electron chi connectivity index (χ2n) is 3.49. The summed E-state index contributed by atoms with van der Waals surface area (Å²) in [7, 11) is 0. The van der Waals surface area contributed by atoms with Crippen LogP contribution in [0.5, 0.6) is 0 Å². The zero-order valence-electron chi connectivity index (χ0n) is 9.62. The van der Waals surface area contributed by atoms with E-state index in [2.05, 4.69) is 28.2 Å². The van der Waals surface area contributed by atoms with Gasteiger partial charge in [-0.3, -0.25) is 4.79 Å². The summed E-state index contributed by atoms with van der Waals surface area (Å²) >= 11 is 5.13. The van der Waals surface area contributed by atoms with E-state index in [-0.39, 0.29) is 5.91 Å². The van der Waals surface area contributed by atoms with Gasteiger partial charge in [-0.2, -0.15) is 11.8 Å². The van der Waals surface area contributed by atoms with Gasteiger partial charge in [0.1, 0.15) is 5.69 Å². The monoisotopic (exact) mass is 304 g/mol. The van der Waals surface area contributed by atoms with Gasteiger partial charge in [-0.1, -0.05) is 6.92 Å². The molecule has 5 heteroatoms. The molecule has 0 saturated heterocycles. The molecule has 1 heterocycles. The zero-order chi connectivity index (χ0) is 12.0. The lowest BCUT2D eigenvalue weighted by Gasteiger charge is -2.07. The van der Waals surface area contributed by atoms with E-state index in [0.29, 0.717) is 0 Å². The standard InChI is InChI=1S/C11H17BrN2OS/c1-3-5-14-8-9(12)7-10(14)11(15)13-4-6-16-2/h7-8H,3-6H2,1-2H3,(H,13,15). The van der Waals surface area contributed by atoms with Crippen molar-refractivity contribution < 1.29 is 4.79 Å². The topological polar surface area (TPSA) is 34.0 Å². The fraction of sp³-hybridized carbons (Fsp3) is 0.545. The first-order chi connectivity index (χ1) is 7.69. The molecule has 1 rings (SSSR count). The molecule has 0 aromatic carbocycles. The molecule has 0 aliphatic rings. The van der Waals surface area contributed by atoms with E-state index in [1.165, 1.54) is 0 Å². The second-order valence-corrected chi connectivity index (χ2v) is 5.39. The summed E-state index contributed by atoms with van der Waals surface area (Å²) in [5.74, 6) is 0.953. The molecule has 16 heavy (non-hydrogen) atoms. The van der Waals surface area contributed by atoms with E-state index < -0.39 is 0 Å². The summed E-state index contributed by atoms with van der Waals surface area (Å²) in [5, 5.41) is 2.91. The summed E-state index contributed by atoms with van der Waals surface area (Å²) < 4.78 is 2.94. The number of rotatable bonds is 6. The van der Waals surface area contributed by atoms with Crippen molar-refractivity contribution in [3.8, 4) is 0 Å². The summed E-state index contributed by atoms with van der Waals surface area (Å²) in [4.78, 5) is 11.9. The van der Waals surface area contributed by atoms with Crippen LogP contribution in [0.1, 0.15) is 23.8 Å². The third-order valence-electron chi connectivity index (χ3n) is 2.15. The van der Waals surface area contributed by atoms with Crippen molar-refractivity contribution in [3.63, 3.8) is 0 Å². The van der Waals surface area contributed by atoms with Gasteiger partial charge in [0, 0.05) is 29.5 Å². The number of halogens is 1. The lowest BCUT2D eigenvalue weighted by Crippen LogP contribution is -2.27. The van der Waals surface area contributed by atoms with Crippen LogP contribution >= 0.6 is 27.7 Å². The predicted octanol–water partition coefficient (Wildman–Crippen LogP) is 2.75. The number of amides is 1. The Morgan fingerprint density at radius 3 is 3.00 bits per heavy atom. The molecule has 1 amide bonds. The van der Waals surface area contributed by atoms with Crippen molar-refractivity contribution in [1.82, 2.24) is 9.88 Å². The minimum absolute atomic E-state index is 0.00759. The van der Waals surface area contributed by atoms with Gasteiger partial charge in [-0.05, 0) is 34.7 Å². The highest BCUT2D eigenvalue weighted by atomic mass is 79.9. The molecule has 0 fully saturated rings. The minimum atomic E-state index is 0.00759. The van der Waals surface area contributed by atoms with Crippen LogP contribution in [-0.4, -0.2) is 29.0 Å². The van der Waals surface area contributed by atoms with E-state index in [9.17, 15) is 4.79 Å². The molecule has 0 spiro atoms. The summed E-state index contributed by atoms with van der Waals surface area (Å²) in [5.41, 5.74) is 0.731. The first-order valence-corrected chi connectivity index (χ1v) is 7.50. The van der Waals surface area contributed by atoms with Crippen LogP contribution in [0.25, 0.3) is 0 Å². The quantitative estimate of drug-likeness (QED) is 0.820. The summed E-state index contributed by atoms with van der Waals surface area (Å²) in [6.07, 6.45) is 5.00. The normalized spacial score (nSPS) is 10.4. The molecule has 3 nitrogen and oxygen atoms in total. The molecule has 1 aromatic heterocycles. The van der Waals surface area contributed by atoms with Crippen molar-refractivity contribution in [2.45, 2.75) is 19.9 Å². The number of hydrogen-bond donors (Lipinski definition) is 1. The van der Waals surface area contributed by atoms with Crippen molar-refractivity contribution in [3.05, 3.63) is 22.4 Å². The first kappa shape index (κ1) is 13.6. The van der Waals surface area contributed by atoms with Gasteiger partial charge < -0.3 is 9.88 Å². The number of hydrogen-bond acceptors (Lipinski definition) is 2. The van der Waals surface area contributed by atoms with Crippen LogP contribution in [0.2, 0.25) is 0 Å². The average molecular weight is 305 g/mol. The van der Waals surface area contributed by atoms with Crippen LogP contribution in [0.4, 0.5) is 0 Å². The van der Waals surface area contributed by atoms with Crippen LogP contribution < -0.4 is 5.32 Å². The molecule has 90 valence electrons. The molecule has 0 bridgehead atoms. The van der Waals surface area contributed by atoms with Crippen molar-refractivity contribution in [2.75, 3.05) is 18.6 Å². The second kappa shape index (κ2) is 7.01. The van der Waals surface area contributed by atoms with Gasteiger partial charge in [0.2, 0.25) is 0 Å². The molecule has 0 unspecified atom stereocenters. The highest BCUT2D eigenvalue weighted by Crippen LogP contribution is 2.15. The number of aryl methyl sites for hydroxylation is 1. The summed E-state index contributed by atoms with van der Waals surface area (Å²) in [6.45, 7) is 3.69. The zero-order valence-corrected chi connectivity index (χ0v) is 12.0. The third kappa shape index (κ3) is 3.87. The van der Waals surface area contributed by atoms with Gasteiger partial charge in [0.05, 0.1) is 0 Å². The molecule has 0 saturated carbocycles. The average Bonchev–Trinajstić information content (AvgIpc) is 2.60. The van der Waals surface area contributed by atoms with E-state index in [4.69, 9.17) is 0 Å². The Morgan fingerprint density at radius 1 is 1.62 bits per heavy atom. The summed E-state index contributed by atoms with van der Waals surface area (Å²) in [6, 6.07) is 1.87. The van der Waals surface area contributed by atoms with Gasteiger partial charge in [0.15, 0.2) is 0 Å². The van der Waals surface area contributed by atoms with Crippen LogP contribution in [0, 0.1) is 0 Å². The van der Waals surface area contributed by atoms with Gasteiger partial charge in [-0.15, -0.1) is 0 Å². The largest absolute Gasteiger partial charge is 0.350 e. The van der Waals surface area contributed by atoms with Gasteiger partial charge in [-0.25, -0.2) is 0 Å². The highest BCUT2D eigenvalue weighted by Gasteiger charge is 2.11. The lowest BCUT2D eigenvalue weighted by molar-refractivity contribution is 0.0947. The number of carbonyl (C=O) groups is 1. The molecular weight excluding hydrogens is 288 g/mol.